The number of carbonyl (C=O) groups is 2. The van der Waals surface area contributed by atoms with Crippen LogP contribution < -0.4 is 10.2 Å². The molecule has 0 spiro atoms. The summed E-state index contributed by atoms with van der Waals surface area (Å²) in [4.78, 5) is 28.5. The lowest BCUT2D eigenvalue weighted by molar-refractivity contribution is -0.124. The molecule has 1 N–H and O–H groups in total. The van der Waals surface area contributed by atoms with E-state index in [1.54, 1.807) is 12.1 Å². The monoisotopic (exact) mass is 381 g/mol. The Hall–Kier alpha value is -2.86. The van der Waals surface area contributed by atoms with Crippen LogP contribution in [0, 0.1) is 0 Å². The van der Waals surface area contributed by atoms with E-state index in [0.717, 1.165) is 31.7 Å². The van der Waals surface area contributed by atoms with Gasteiger partial charge in [0.25, 0.3) is 5.91 Å². The van der Waals surface area contributed by atoms with Crippen molar-refractivity contribution in [2.75, 3.05) is 38.7 Å². The molecule has 1 aliphatic heterocycles. The molecule has 1 amide bonds. The molecule has 1 saturated heterocycles. The molecule has 2 aromatic rings. The van der Waals surface area contributed by atoms with Gasteiger partial charge in [-0.3, -0.25) is 9.69 Å². The summed E-state index contributed by atoms with van der Waals surface area (Å²) >= 11 is 0. The Labute approximate surface area is 166 Å². The molecule has 0 aliphatic carbocycles. The van der Waals surface area contributed by atoms with Crippen LogP contribution in [0.2, 0.25) is 0 Å². The molecule has 0 aromatic heterocycles. The number of ether oxygens (including phenoxy) is 1. The van der Waals surface area contributed by atoms with E-state index in [-0.39, 0.29) is 18.6 Å². The van der Waals surface area contributed by atoms with Crippen LogP contribution in [0.5, 0.6) is 0 Å². The van der Waals surface area contributed by atoms with Gasteiger partial charge in [0.05, 0.1) is 5.56 Å². The summed E-state index contributed by atoms with van der Waals surface area (Å²) in [5.41, 5.74) is 2.70. The number of amides is 1. The Morgan fingerprint density at radius 1 is 1.11 bits per heavy atom. The minimum atomic E-state index is -0.488. The van der Waals surface area contributed by atoms with Gasteiger partial charge in [0.1, 0.15) is 0 Å². The van der Waals surface area contributed by atoms with Crippen molar-refractivity contribution >= 4 is 17.6 Å². The maximum atomic E-state index is 12.1. The highest BCUT2D eigenvalue weighted by Crippen LogP contribution is 2.14. The largest absolute Gasteiger partial charge is 0.452 e. The molecule has 6 nitrogen and oxygen atoms in total. The van der Waals surface area contributed by atoms with Crippen molar-refractivity contribution in [3.63, 3.8) is 0 Å². The second kappa shape index (κ2) is 9.37. The van der Waals surface area contributed by atoms with Crippen LogP contribution in [0.15, 0.2) is 54.6 Å². The number of hydrogen-bond acceptors (Lipinski definition) is 5. The van der Waals surface area contributed by atoms with Crippen molar-refractivity contribution in [1.82, 2.24) is 10.2 Å². The SMILES string of the molecule is CN(C)c1ccc(C(=O)OCC(=O)NC2CCN(Cc3ccccc3)C2)cc1. The summed E-state index contributed by atoms with van der Waals surface area (Å²) < 4.78 is 5.14. The van der Waals surface area contributed by atoms with Crippen LogP contribution in [-0.4, -0.2) is 56.6 Å². The van der Waals surface area contributed by atoms with E-state index in [1.807, 2.05) is 49.3 Å². The Balaban J connectivity index is 1.40. The van der Waals surface area contributed by atoms with Crippen LogP contribution in [0.3, 0.4) is 0 Å². The molecular weight excluding hydrogens is 354 g/mol. The second-order valence-electron chi connectivity index (χ2n) is 7.29. The van der Waals surface area contributed by atoms with Crippen LogP contribution in [0.4, 0.5) is 5.69 Å². The van der Waals surface area contributed by atoms with E-state index in [2.05, 4.69) is 22.3 Å². The maximum absolute atomic E-state index is 12.1. The zero-order valence-electron chi connectivity index (χ0n) is 16.4. The summed E-state index contributed by atoms with van der Waals surface area (Å²) in [6.07, 6.45) is 0.901. The van der Waals surface area contributed by atoms with Gasteiger partial charge in [-0.15, -0.1) is 0 Å². The Morgan fingerprint density at radius 2 is 1.82 bits per heavy atom. The number of esters is 1. The molecule has 1 atom stereocenters. The lowest BCUT2D eigenvalue weighted by Gasteiger charge is -2.17. The molecule has 1 heterocycles. The predicted octanol–water partition coefficient (Wildman–Crippen LogP) is 2.30. The minimum absolute atomic E-state index is 0.0919. The first kappa shape index (κ1) is 19.9. The highest BCUT2D eigenvalue weighted by molar-refractivity contribution is 5.91. The van der Waals surface area contributed by atoms with Crippen molar-refractivity contribution < 1.29 is 14.3 Å². The van der Waals surface area contributed by atoms with E-state index >= 15 is 0 Å². The van der Waals surface area contributed by atoms with E-state index in [1.165, 1.54) is 5.56 Å². The Kier molecular flexibility index (Phi) is 6.66. The number of benzene rings is 2. The summed E-state index contributed by atoms with van der Waals surface area (Å²) in [5, 5.41) is 2.96. The molecular formula is C22H27N3O3. The van der Waals surface area contributed by atoms with E-state index < -0.39 is 5.97 Å². The molecule has 6 heteroatoms. The molecule has 2 aromatic carbocycles. The van der Waals surface area contributed by atoms with Crippen molar-refractivity contribution in [3.05, 3.63) is 65.7 Å². The summed E-state index contributed by atoms with van der Waals surface area (Å²) in [5.74, 6) is -0.748. The standard InChI is InChI=1S/C22H27N3O3/c1-24(2)20-10-8-18(9-11-20)22(27)28-16-21(26)23-19-12-13-25(15-19)14-17-6-4-3-5-7-17/h3-11,19H,12-16H2,1-2H3,(H,23,26). The zero-order chi connectivity index (χ0) is 19.9. The molecule has 1 fully saturated rings. The quantitative estimate of drug-likeness (QED) is 0.746. The topological polar surface area (TPSA) is 61.9 Å². The number of anilines is 1. The average Bonchev–Trinajstić information content (AvgIpc) is 3.13. The molecule has 1 unspecified atom stereocenters. The predicted molar refractivity (Wildman–Crippen MR) is 109 cm³/mol. The van der Waals surface area contributed by atoms with Crippen molar-refractivity contribution in [2.45, 2.75) is 19.0 Å². The lowest BCUT2D eigenvalue weighted by Crippen LogP contribution is -2.39. The highest BCUT2D eigenvalue weighted by atomic mass is 16.5. The third-order valence-corrected chi connectivity index (χ3v) is 4.84. The van der Waals surface area contributed by atoms with Crippen LogP contribution in [-0.2, 0) is 16.1 Å². The third-order valence-electron chi connectivity index (χ3n) is 4.84. The summed E-state index contributed by atoms with van der Waals surface area (Å²) in [7, 11) is 3.86. The molecule has 0 radical (unpaired) electrons. The van der Waals surface area contributed by atoms with Gasteiger partial charge in [-0.25, -0.2) is 4.79 Å². The number of rotatable bonds is 7. The van der Waals surface area contributed by atoms with Gasteiger partial charge in [-0.05, 0) is 36.2 Å². The number of nitrogens with one attached hydrogen (secondary N) is 1. The van der Waals surface area contributed by atoms with Crippen LogP contribution in [0.1, 0.15) is 22.3 Å². The van der Waals surface area contributed by atoms with Crippen molar-refractivity contribution in [1.29, 1.82) is 0 Å². The number of nitrogens with zero attached hydrogens (tertiary/aromatic N) is 2. The number of carbonyl (C=O) groups excluding carboxylic acids is 2. The normalized spacial score (nSPS) is 16.6. The fourth-order valence-corrected chi connectivity index (χ4v) is 3.32. The first-order chi connectivity index (χ1) is 13.5. The van der Waals surface area contributed by atoms with Crippen molar-refractivity contribution in [2.24, 2.45) is 0 Å². The van der Waals surface area contributed by atoms with Gasteiger partial charge in [0.2, 0.25) is 0 Å². The number of hydrogen-bond donors (Lipinski definition) is 1. The molecule has 28 heavy (non-hydrogen) atoms. The molecule has 1 aliphatic rings. The first-order valence-corrected chi connectivity index (χ1v) is 9.51. The average molecular weight is 381 g/mol. The number of likely N-dealkylation sites (tertiary alicyclic amines) is 1. The molecule has 148 valence electrons. The van der Waals surface area contributed by atoms with E-state index in [4.69, 9.17) is 4.74 Å². The van der Waals surface area contributed by atoms with E-state index in [0.29, 0.717) is 5.56 Å². The fourth-order valence-electron chi connectivity index (χ4n) is 3.32. The van der Waals surface area contributed by atoms with Gasteiger partial charge in [-0.1, -0.05) is 30.3 Å². The Morgan fingerprint density at radius 3 is 2.50 bits per heavy atom. The van der Waals surface area contributed by atoms with Crippen molar-refractivity contribution in [3.8, 4) is 0 Å². The van der Waals surface area contributed by atoms with Gasteiger partial charge < -0.3 is 15.0 Å². The minimum Gasteiger partial charge on any atom is -0.452 e. The second-order valence-corrected chi connectivity index (χ2v) is 7.29. The highest BCUT2D eigenvalue weighted by Gasteiger charge is 2.24. The third kappa shape index (κ3) is 5.57. The summed E-state index contributed by atoms with van der Waals surface area (Å²) in [6.45, 7) is 2.37. The Bertz CT molecular complexity index is 790. The van der Waals surface area contributed by atoms with Gasteiger partial charge in [-0.2, -0.15) is 0 Å². The zero-order valence-corrected chi connectivity index (χ0v) is 16.4. The van der Waals surface area contributed by atoms with Gasteiger partial charge >= 0.3 is 5.97 Å². The fraction of sp³-hybridized carbons (Fsp3) is 0.364. The molecule has 0 bridgehead atoms. The van der Waals surface area contributed by atoms with E-state index in [9.17, 15) is 9.59 Å². The lowest BCUT2D eigenvalue weighted by atomic mass is 10.2. The smallest absolute Gasteiger partial charge is 0.338 e. The summed E-state index contributed by atoms with van der Waals surface area (Å²) in [6, 6.07) is 17.5. The van der Waals surface area contributed by atoms with Crippen LogP contribution in [0.25, 0.3) is 0 Å². The van der Waals surface area contributed by atoms with Gasteiger partial charge in [0.15, 0.2) is 6.61 Å². The molecule has 0 saturated carbocycles. The first-order valence-electron chi connectivity index (χ1n) is 9.51. The van der Waals surface area contributed by atoms with Gasteiger partial charge in [0, 0.05) is 45.5 Å². The molecule has 3 rings (SSSR count). The maximum Gasteiger partial charge on any atom is 0.338 e. The van der Waals surface area contributed by atoms with Crippen LogP contribution >= 0.6 is 0 Å².